The highest BCUT2D eigenvalue weighted by Gasteiger charge is 2.43. The number of rotatable bonds is 40. The lowest BCUT2D eigenvalue weighted by Gasteiger charge is -2.34. The first-order valence-corrected chi connectivity index (χ1v) is 34.5. The Morgan fingerprint density at radius 1 is 0.526 bits per heavy atom. The molecule has 26 heteroatoms. The lowest BCUT2D eigenvalue weighted by atomic mass is 9.94. The molecule has 1 rings (SSSR count). The van der Waals surface area contributed by atoms with Crippen molar-refractivity contribution in [1.29, 1.82) is 0 Å². The van der Waals surface area contributed by atoms with Crippen LogP contribution in [0, 0.1) is 41.4 Å². The largest absolute Gasteiger partial charge is 0.467 e. The number of carbonyl (C=O) groups excluding carboxylic acids is 11. The molecule has 2 unspecified atom stereocenters. The first-order valence-electron chi connectivity index (χ1n) is 34.5. The molecule has 0 radical (unpaired) electrons. The van der Waals surface area contributed by atoms with Crippen LogP contribution in [-0.2, 0) is 62.2 Å². The maximum Gasteiger partial charge on any atom is 0.407 e. The number of hydrogen-bond acceptors (Lipinski definition) is 16. The third-order valence-corrected chi connectivity index (χ3v) is 17.0. The lowest BCUT2D eigenvalue weighted by molar-refractivity contribution is -0.144. The molecule has 0 aromatic carbocycles. The van der Waals surface area contributed by atoms with Crippen LogP contribution in [0.25, 0.3) is 0 Å². The SMILES string of the molecule is C=C(N[C@@H](C(=O)OC)C(C)C)[C@H](NC(=O)[C@H](NC(=O)[C@H](NC(=O)[C@H](CCCNC(=O)OC(C)(C)C)NC(=O)[C@@H]1CCCN1C(=O)[C@H](NC(=O)[C@@H](NC(=O)[C@@H](NC(=O)[C@H](NC(=O)CCCC(C)C)C(C)C)[C@@H](C)OC(C)(C)C)C(C)C)C(C)C)C(C)CC)[C@@H](C)NC)C(C)CC. The molecular weight excluding hydrogens is 1220 g/mol. The van der Waals surface area contributed by atoms with Gasteiger partial charge in [-0.1, -0.05) is 123 Å². The Morgan fingerprint density at radius 3 is 1.48 bits per heavy atom. The third kappa shape index (κ3) is 29.8. The molecule has 0 bridgehead atoms. The van der Waals surface area contributed by atoms with Crippen molar-refractivity contribution in [1.82, 2.24) is 63.4 Å². The second kappa shape index (κ2) is 40.9. The van der Waals surface area contributed by atoms with Crippen LogP contribution in [0.3, 0.4) is 0 Å². The third-order valence-electron chi connectivity index (χ3n) is 17.0. The van der Waals surface area contributed by atoms with Gasteiger partial charge in [0.1, 0.15) is 60.0 Å². The van der Waals surface area contributed by atoms with E-state index >= 15 is 0 Å². The van der Waals surface area contributed by atoms with E-state index in [1.807, 2.05) is 34.6 Å². The topological polar surface area (TPSA) is 351 Å². The highest BCUT2D eigenvalue weighted by atomic mass is 16.6. The van der Waals surface area contributed by atoms with Gasteiger partial charge in [-0.05, 0) is 136 Å². The van der Waals surface area contributed by atoms with Gasteiger partial charge in [-0.3, -0.25) is 43.2 Å². The van der Waals surface area contributed by atoms with E-state index in [1.165, 1.54) is 12.0 Å². The lowest BCUT2D eigenvalue weighted by Crippen LogP contribution is -2.64. The smallest absolute Gasteiger partial charge is 0.407 e. The van der Waals surface area contributed by atoms with Gasteiger partial charge >= 0.3 is 12.1 Å². The molecule has 0 aromatic rings. The summed E-state index contributed by atoms with van der Waals surface area (Å²) in [7, 11) is 2.92. The fourth-order valence-corrected chi connectivity index (χ4v) is 10.8. The summed E-state index contributed by atoms with van der Waals surface area (Å²) in [5, 5.41) is 31.8. The van der Waals surface area contributed by atoms with Crippen LogP contribution >= 0.6 is 0 Å². The van der Waals surface area contributed by atoms with E-state index in [0.717, 1.165) is 6.42 Å². The maximum absolute atomic E-state index is 14.9. The van der Waals surface area contributed by atoms with Crippen molar-refractivity contribution in [3.63, 3.8) is 0 Å². The summed E-state index contributed by atoms with van der Waals surface area (Å²) in [6.45, 7) is 43.9. The Labute approximate surface area is 568 Å². The highest BCUT2D eigenvalue weighted by molar-refractivity contribution is 5.99. The molecule has 546 valence electrons. The number of ether oxygens (including phenoxy) is 3. The second-order valence-corrected chi connectivity index (χ2v) is 29.5. The minimum Gasteiger partial charge on any atom is -0.467 e. The molecule has 1 aliphatic rings. The summed E-state index contributed by atoms with van der Waals surface area (Å²) in [6.07, 6.45) is 1.74. The molecule has 0 saturated carbocycles. The van der Waals surface area contributed by atoms with Gasteiger partial charge in [0.2, 0.25) is 53.2 Å². The van der Waals surface area contributed by atoms with Crippen LogP contribution in [-0.4, -0.2) is 181 Å². The van der Waals surface area contributed by atoms with Gasteiger partial charge < -0.3 is 77.6 Å². The molecule has 11 N–H and O–H groups in total. The van der Waals surface area contributed by atoms with Gasteiger partial charge in [-0.2, -0.15) is 0 Å². The highest BCUT2D eigenvalue weighted by Crippen LogP contribution is 2.23. The average Bonchev–Trinajstić information content (AvgIpc) is 1.79. The van der Waals surface area contributed by atoms with E-state index in [-0.39, 0.29) is 62.4 Å². The summed E-state index contributed by atoms with van der Waals surface area (Å²) in [5.74, 6) is -8.11. The van der Waals surface area contributed by atoms with Crippen LogP contribution in [0.1, 0.15) is 210 Å². The predicted octanol–water partition coefficient (Wildman–Crippen LogP) is 5.16. The van der Waals surface area contributed by atoms with Gasteiger partial charge in [0.05, 0.1) is 24.9 Å². The number of amides is 10. The van der Waals surface area contributed by atoms with Crippen LogP contribution in [0.4, 0.5) is 4.79 Å². The van der Waals surface area contributed by atoms with Crippen LogP contribution < -0.4 is 58.5 Å². The number of carbonyl (C=O) groups is 11. The summed E-state index contributed by atoms with van der Waals surface area (Å²) in [5.41, 5.74) is -1.20. The number of nitrogens with one attached hydrogen (secondary N) is 11. The molecule has 1 heterocycles. The molecule has 0 aromatic heterocycles. The normalized spacial score (nSPS) is 17.7. The van der Waals surface area contributed by atoms with Crippen LogP contribution in [0.2, 0.25) is 0 Å². The number of methoxy groups -OCH3 is 1. The monoisotopic (exact) mass is 1350 g/mol. The number of likely N-dealkylation sites (N-methyl/N-ethyl adjacent to an activating group) is 1. The average molecular weight is 1350 g/mol. The summed E-state index contributed by atoms with van der Waals surface area (Å²) in [6, 6.07) is -11.8. The summed E-state index contributed by atoms with van der Waals surface area (Å²) >= 11 is 0. The van der Waals surface area contributed by atoms with E-state index < -0.39 is 161 Å². The number of hydrogen-bond donors (Lipinski definition) is 11. The molecule has 26 nitrogen and oxygen atoms in total. The maximum atomic E-state index is 14.9. The molecule has 1 fully saturated rings. The quantitative estimate of drug-likeness (QED) is 0.0279. The molecule has 0 spiro atoms. The van der Waals surface area contributed by atoms with Crippen molar-refractivity contribution in [2.24, 2.45) is 41.4 Å². The first kappa shape index (κ1) is 86.4. The van der Waals surface area contributed by atoms with Gasteiger partial charge in [-0.25, -0.2) is 9.59 Å². The first-order chi connectivity index (χ1) is 44.0. The fraction of sp³-hybridized carbons (Fsp3) is 0.812. The molecule has 10 amide bonds. The molecule has 1 saturated heterocycles. The molecular formula is C69H126N12O14. The van der Waals surface area contributed by atoms with E-state index in [1.54, 1.807) is 111 Å². The van der Waals surface area contributed by atoms with E-state index in [4.69, 9.17) is 14.2 Å². The van der Waals surface area contributed by atoms with E-state index in [9.17, 15) is 52.7 Å². The zero-order chi connectivity index (χ0) is 73.2. The Kier molecular flexibility index (Phi) is 37.2. The standard InChI is InChI=1S/C69H126N12O14/c1-26-42(13)54(45(16)72-53(41(11)12)66(91)93-25)77-63(88)56(44(15)70-24)79-62(87)55(43(14)27-2)78-58(83)47(32-29-35-71-67(92)95-69(21,22)23)73-59(84)48-33-30-36-81(48)65(90)52(40(9)10)76-61(86)51(39(7)8)75-64(89)57(46(17)94-68(18,19)20)80-60(85)50(38(5)6)74-49(82)34-28-31-37(3)4/h37-44,46-48,50-57,70,72H,16,26-36H2,1-15,17-25H3,(H,71,92)(H,73,84)(H,74,82)(H,75,89)(H,76,86)(H,77,88)(H,78,83)(H,79,87)(H,80,85)/t42?,43?,44-,46-,47+,48+,50-,51+,52-,53-,54-,55-,56-,57+/m1/s1. The number of esters is 1. The van der Waals surface area contributed by atoms with E-state index in [2.05, 4.69) is 78.9 Å². The van der Waals surface area contributed by atoms with Crippen molar-refractivity contribution in [3.05, 3.63) is 12.3 Å². The van der Waals surface area contributed by atoms with Crippen LogP contribution in [0.5, 0.6) is 0 Å². The molecule has 1 aliphatic heterocycles. The minimum absolute atomic E-state index is 0.0284. The van der Waals surface area contributed by atoms with Crippen molar-refractivity contribution in [2.45, 2.75) is 294 Å². The van der Waals surface area contributed by atoms with Crippen LogP contribution in [0.15, 0.2) is 12.3 Å². The Morgan fingerprint density at radius 2 is 0.989 bits per heavy atom. The Balaban J connectivity index is 3.70. The van der Waals surface area contributed by atoms with Gasteiger partial charge in [0.25, 0.3) is 0 Å². The molecule has 95 heavy (non-hydrogen) atoms. The Hall–Kier alpha value is -6.57. The van der Waals surface area contributed by atoms with Crippen molar-refractivity contribution >= 4 is 65.2 Å². The van der Waals surface area contributed by atoms with E-state index in [0.29, 0.717) is 37.3 Å². The second-order valence-electron chi connectivity index (χ2n) is 29.5. The van der Waals surface area contributed by atoms with Crippen molar-refractivity contribution < 1.29 is 67.0 Å². The number of likely N-dealkylation sites (tertiary alicyclic amines) is 1. The van der Waals surface area contributed by atoms with Crippen molar-refractivity contribution in [3.8, 4) is 0 Å². The predicted molar refractivity (Wildman–Crippen MR) is 368 cm³/mol. The number of nitrogens with zero attached hydrogens (tertiary/aromatic N) is 1. The van der Waals surface area contributed by atoms with Gasteiger partial charge in [0.15, 0.2) is 0 Å². The molecule has 0 aliphatic carbocycles. The summed E-state index contributed by atoms with van der Waals surface area (Å²) < 4.78 is 16.6. The Bertz CT molecular complexity index is 2530. The van der Waals surface area contributed by atoms with Crippen molar-refractivity contribution in [2.75, 3.05) is 27.2 Å². The fourth-order valence-electron chi connectivity index (χ4n) is 10.8. The zero-order valence-electron chi connectivity index (χ0n) is 62.1. The summed E-state index contributed by atoms with van der Waals surface area (Å²) in [4.78, 5) is 156. The zero-order valence-corrected chi connectivity index (χ0v) is 62.1. The van der Waals surface area contributed by atoms with Gasteiger partial charge in [0, 0.05) is 31.2 Å². The number of alkyl carbamates (subject to hydrolysis) is 1. The molecule has 14 atom stereocenters. The van der Waals surface area contributed by atoms with Gasteiger partial charge in [-0.15, -0.1) is 0 Å². The minimum atomic E-state index is -1.34.